The van der Waals surface area contributed by atoms with Crippen LogP contribution >= 0.6 is 12.4 Å². The molecular weight excluding hydrogens is 386 g/mol. The van der Waals surface area contributed by atoms with Crippen molar-refractivity contribution in [3.05, 3.63) is 17.7 Å². The van der Waals surface area contributed by atoms with Crippen LogP contribution in [0.25, 0.3) is 0 Å². The summed E-state index contributed by atoms with van der Waals surface area (Å²) in [6.07, 6.45) is 1.87. The van der Waals surface area contributed by atoms with Gasteiger partial charge in [-0.25, -0.2) is 0 Å². The van der Waals surface area contributed by atoms with Gasteiger partial charge < -0.3 is 30.2 Å². The lowest BCUT2D eigenvalue weighted by atomic mass is 9.79. The van der Waals surface area contributed by atoms with Crippen molar-refractivity contribution < 1.29 is 23.8 Å². The van der Waals surface area contributed by atoms with Crippen LogP contribution in [0.1, 0.15) is 30.1 Å². The molecule has 1 aliphatic heterocycles. The summed E-state index contributed by atoms with van der Waals surface area (Å²) in [4.78, 5) is 24.2. The minimum Gasteiger partial charge on any atom is -0.493 e. The molecule has 0 radical (unpaired) electrons. The predicted molar refractivity (Wildman–Crippen MR) is 110 cm³/mol. The molecule has 0 aromatic heterocycles. The smallest absolute Gasteiger partial charge is 0.251 e. The average Bonchev–Trinajstić information content (AvgIpc) is 2.66. The molecule has 1 saturated heterocycles. The largest absolute Gasteiger partial charge is 0.493 e. The van der Waals surface area contributed by atoms with Gasteiger partial charge in [-0.3, -0.25) is 9.59 Å². The molecule has 8 nitrogen and oxygen atoms in total. The number of hydrogen-bond donors (Lipinski definition) is 3. The summed E-state index contributed by atoms with van der Waals surface area (Å²) < 4.78 is 16.0. The van der Waals surface area contributed by atoms with E-state index in [0.717, 1.165) is 25.9 Å². The van der Waals surface area contributed by atoms with Crippen molar-refractivity contribution in [1.82, 2.24) is 10.6 Å². The van der Waals surface area contributed by atoms with E-state index in [9.17, 15) is 9.59 Å². The molecule has 0 atom stereocenters. The van der Waals surface area contributed by atoms with Gasteiger partial charge in [-0.1, -0.05) is 0 Å². The summed E-state index contributed by atoms with van der Waals surface area (Å²) in [5, 5.41) is 9.01. The fourth-order valence-corrected chi connectivity index (χ4v) is 3.38. The molecule has 3 N–H and O–H groups in total. The van der Waals surface area contributed by atoms with E-state index in [1.807, 2.05) is 0 Å². The number of amides is 2. The first-order chi connectivity index (χ1) is 12.9. The van der Waals surface area contributed by atoms with Crippen molar-refractivity contribution in [2.75, 3.05) is 52.9 Å². The van der Waals surface area contributed by atoms with Gasteiger partial charge in [0.25, 0.3) is 5.91 Å². The van der Waals surface area contributed by atoms with Crippen LogP contribution in [0.2, 0.25) is 0 Å². The summed E-state index contributed by atoms with van der Waals surface area (Å²) in [6, 6.07) is 3.19. The van der Waals surface area contributed by atoms with E-state index in [4.69, 9.17) is 14.2 Å². The Morgan fingerprint density at radius 3 is 2.36 bits per heavy atom. The van der Waals surface area contributed by atoms with E-state index in [-0.39, 0.29) is 29.6 Å². The highest BCUT2D eigenvalue weighted by Crippen LogP contribution is 2.37. The van der Waals surface area contributed by atoms with Gasteiger partial charge in [0, 0.05) is 31.6 Å². The molecule has 0 saturated carbocycles. The van der Waals surface area contributed by atoms with Gasteiger partial charge in [0.15, 0.2) is 11.5 Å². The third-order valence-corrected chi connectivity index (χ3v) is 4.79. The second-order valence-corrected chi connectivity index (χ2v) is 6.81. The van der Waals surface area contributed by atoms with Crippen LogP contribution in [-0.2, 0) is 9.53 Å². The van der Waals surface area contributed by atoms with Gasteiger partial charge >= 0.3 is 0 Å². The SMILES string of the molecule is COCC1(CNC(=O)c2cc(NC(C)=O)c(OC)c(OC)c2)CCNCC1.Cl. The lowest BCUT2D eigenvalue weighted by molar-refractivity contribution is -0.114. The maximum Gasteiger partial charge on any atom is 0.251 e. The molecule has 2 amide bonds. The molecule has 9 heteroatoms. The van der Waals surface area contributed by atoms with Crippen LogP contribution in [0.5, 0.6) is 11.5 Å². The number of rotatable bonds is 8. The molecule has 1 aromatic carbocycles. The normalized spacial score (nSPS) is 15.1. The molecule has 0 spiro atoms. The lowest BCUT2D eigenvalue weighted by Crippen LogP contribution is -2.47. The molecule has 1 aromatic rings. The Kier molecular flexibility index (Phi) is 9.51. The van der Waals surface area contributed by atoms with E-state index in [2.05, 4.69) is 16.0 Å². The molecule has 1 heterocycles. The third kappa shape index (κ3) is 5.98. The minimum atomic E-state index is -0.262. The number of nitrogens with one attached hydrogen (secondary N) is 3. The number of anilines is 1. The first-order valence-corrected chi connectivity index (χ1v) is 8.96. The molecule has 0 unspecified atom stereocenters. The van der Waals surface area contributed by atoms with Crippen molar-refractivity contribution in [3.8, 4) is 11.5 Å². The maximum absolute atomic E-state index is 12.8. The highest BCUT2D eigenvalue weighted by Gasteiger charge is 2.32. The number of ether oxygens (including phenoxy) is 3. The van der Waals surface area contributed by atoms with E-state index < -0.39 is 0 Å². The van der Waals surface area contributed by atoms with Crippen LogP contribution in [0, 0.1) is 5.41 Å². The standard InChI is InChI=1S/C19H29N3O5.ClH/c1-13(23)22-15-9-14(10-16(26-3)17(15)27-4)18(24)21-11-19(12-25-2)5-7-20-8-6-19;/h9-10,20H,5-8,11-12H2,1-4H3,(H,21,24)(H,22,23);1H. The number of halogens is 1. The summed E-state index contributed by atoms with van der Waals surface area (Å²) in [5.41, 5.74) is 0.702. The molecule has 0 aliphatic carbocycles. The van der Waals surface area contributed by atoms with Crippen LogP contribution in [-0.4, -0.2) is 59.4 Å². The van der Waals surface area contributed by atoms with Crippen molar-refractivity contribution in [2.45, 2.75) is 19.8 Å². The Hall–Kier alpha value is -2.03. The fraction of sp³-hybridized carbons (Fsp3) is 0.579. The number of carbonyl (C=O) groups is 2. The van der Waals surface area contributed by atoms with Crippen LogP contribution in [0.15, 0.2) is 12.1 Å². The van der Waals surface area contributed by atoms with Crippen molar-refractivity contribution >= 4 is 29.9 Å². The number of hydrogen-bond acceptors (Lipinski definition) is 6. The summed E-state index contributed by atoms with van der Waals surface area (Å²) in [5.74, 6) is 0.249. The molecule has 2 rings (SSSR count). The van der Waals surface area contributed by atoms with Gasteiger partial charge in [-0.15, -0.1) is 12.4 Å². The highest BCUT2D eigenvalue weighted by molar-refractivity contribution is 5.99. The Morgan fingerprint density at radius 1 is 1.14 bits per heavy atom. The predicted octanol–water partition coefficient (Wildman–Crippen LogP) is 1.83. The Morgan fingerprint density at radius 2 is 1.82 bits per heavy atom. The number of piperidine rings is 1. The van der Waals surface area contributed by atoms with Gasteiger partial charge in [0.05, 0.1) is 26.5 Å². The number of methoxy groups -OCH3 is 3. The highest BCUT2D eigenvalue weighted by atomic mass is 35.5. The van der Waals surface area contributed by atoms with Gasteiger partial charge in [-0.05, 0) is 38.1 Å². The van der Waals surface area contributed by atoms with Gasteiger partial charge in [0.2, 0.25) is 5.91 Å². The summed E-state index contributed by atoms with van der Waals surface area (Å²) in [6.45, 7) is 4.32. The van der Waals surface area contributed by atoms with Crippen LogP contribution < -0.4 is 25.4 Å². The number of benzene rings is 1. The Balaban J connectivity index is 0.00000392. The third-order valence-electron chi connectivity index (χ3n) is 4.79. The zero-order valence-electron chi connectivity index (χ0n) is 16.8. The molecule has 1 aliphatic rings. The summed E-state index contributed by atoms with van der Waals surface area (Å²) in [7, 11) is 4.65. The van der Waals surface area contributed by atoms with Crippen LogP contribution in [0.3, 0.4) is 0 Å². The zero-order chi connectivity index (χ0) is 19.9. The monoisotopic (exact) mass is 415 g/mol. The lowest BCUT2D eigenvalue weighted by Gasteiger charge is -2.37. The summed E-state index contributed by atoms with van der Waals surface area (Å²) >= 11 is 0. The van der Waals surface area contributed by atoms with Crippen molar-refractivity contribution in [2.24, 2.45) is 5.41 Å². The molecule has 1 fully saturated rings. The average molecular weight is 416 g/mol. The van der Waals surface area contributed by atoms with E-state index in [0.29, 0.717) is 35.9 Å². The van der Waals surface area contributed by atoms with Crippen LogP contribution in [0.4, 0.5) is 5.69 Å². The second-order valence-electron chi connectivity index (χ2n) is 6.81. The first kappa shape index (κ1) is 24.0. The van der Waals surface area contributed by atoms with Gasteiger partial charge in [0.1, 0.15) is 0 Å². The van der Waals surface area contributed by atoms with E-state index in [1.54, 1.807) is 19.2 Å². The van der Waals surface area contributed by atoms with E-state index >= 15 is 0 Å². The number of carbonyl (C=O) groups excluding carboxylic acids is 2. The maximum atomic E-state index is 12.8. The molecular formula is C19H30ClN3O5. The quantitative estimate of drug-likeness (QED) is 0.599. The first-order valence-electron chi connectivity index (χ1n) is 8.96. The Bertz CT molecular complexity index is 672. The second kappa shape index (κ2) is 11.1. The fourth-order valence-electron chi connectivity index (χ4n) is 3.38. The van der Waals surface area contributed by atoms with Gasteiger partial charge in [-0.2, -0.15) is 0 Å². The molecule has 28 heavy (non-hydrogen) atoms. The zero-order valence-corrected chi connectivity index (χ0v) is 17.7. The van der Waals surface area contributed by atoms with Crippen molar-refractivity contribution in [3.63, 3.8) is 0 Å². The Labute approximate surface area is 172 Å². The molecule has 158 valence electrons. The van der Waals surface area contributed by atoms with Crippen molar-refractivity contribution in [1.29, 1.82) is 0 Å². The van der Waals surface area contributed by atoms with E-state index in [1.165, 1.54) is 21.1 Å². The molecule has 0 bridgehead atoms. The minimum absolute atomic E-state index is 0. The topological polar surface area (TPSA) is 97.9 Å².